The molecule has 5 aliphatic rings. The molecule has 9 rings (SSSR count). The van der Waals surface area contributed by atoms with Crippen molar-refractivity contribution in [2.24, 2.45) is 0 Å². The summed E-state index contributed by atoms with van der Waals surface area (Å²) < 4.78 is 79.8. The largest absolute Gasteiger partial charge is 0.586 e. The third-order valence-corrected chi connectivity index (χ3v) is 15.7. The molecule has 1 aromatic heterocycles. The Balaban J connectivity index is 0.926. The molecule has 66 heavy (non-hydrogen) atoms. The fourth-order valence-corrected chi connectivity index (χ4v) is 12.0. The fraction of sp³-hybridized carbons (Fsp3) is 0.422. The smallest absolute Gasteiger partial charge is 0.465 e. The van der Waals surface area contributed by atoms with Crippen molar-refractivity contribution in [2.75, 3.05) is 11.5 Å². The number of hydrogen-bond acceptors (Lipinski definition) is 12. The van der Waals surface area contributed by atoms with Crippen LogP contribution in [-0.2, 0) is 28.5 Å². The van der Waals surface area contributed by atoms with Gasteiger partial charge in [-0.15, -0.1) is 20.1 Å². The van der Waals surface area contributed by atoms with Gasteiger partial charge in [0.1, 0.15) is 29.4 Å². The Morgan fingerprint density at radius 1 is 0.955 bits per heavy atom. The number of halogens is 3. The maximum Gasteiger partial charge on any atom is 0.586 e. The topological polar surface area (TPSA) is 190 Å². The van der Waals surface area contributed by atoms with E-state index >= 15 is 4.39 Å². The molecule has 6 amide bonds. The van der Waals surface area contributed by atoms with Crippen LogP contribution in [0, 0.1) is 0 Å². The van der Waals surface area contributed by atoms with Crippen LogP contribution in [0.2, 0.25) is 0 Å². The summed E-state index contributed by atoms with van der Waals surface area (Å²) in [6, 6.07) is 12.8. The van der Waals surface area contributed by atoms with E-state index in [0.717, 1.165) is 16.2 Å². The number of carbonyl (C=O) groups is 6. The van der Waals surface area contributed by atoms with E-state index in [1.54, 1.807) is 24.3 Å². The Bertz CT molecular complexity index is 2680. The third kappa shape index (κ3) is 8.16. The molecule has 5 heterocycles. The van der Waals surface area contributed by atoms with E-state index in [0.29, 0.717) is 47.1 Å². The molecule has 1 saturated carbocycles. The molecular formula is C45H45F3N5O11PS. The maximum atomic E-state index is 16.6. The quantitative estimate of drug-likeness (QED) is 0.0749. The minimum Gasteiger partial charge on any atom is -0.465 e. The summed E-state index contributed by atoms with van der Waals surface area (Å²) in [7, 11) is -4.52. The van der Waals surface area contributed by atoms with Gasteiger partial charge in [-0.25, -0.2) is 24.1 Å². The number of para-hydroxylation sites is 2. The van der Waals surface area contributed by atoms with Crippen LogP contribution in [0.4, 0.5) is 23.7 Å². The zero-order chi connectivity index (χ0) is 46.7. The molecule has 21 heteroatoms. The monoisotopic (exact) mass is 951 g/mol. The highest BCUT2D eigenvalue weighted by Crippen LogP contribution is 2.58. The number of nitrogens with one attached hydrogen (secondary N) is 2. The van der Waals surface area contributed by atoms with Crippen LogP contribution in [0.5, 0.6) is 17.2 Å². The van der Waals surface area contributed by atoms with E-state index in [1.165, 1.54) is 60.4 Å². The lowest BCUT2D eigenvalue weighted by Gasteiger charge is -2.36. The van der Waals surface area contributed by atoms with Crippen molar-refractivity contribution < 1.29 is 65.2 Å². The lowest BCUT2D eigenvalue weighted by molar-refractivity contribution is -0.286. The van der Waals surface area contributed by atoms with Gasteiger partial charge in [0, 0.05) is 10.7 Å². The van der Waals surface area contributed by atoms with Crippen molar-refractivity contribution in [3.63, 3.8) is 0 Å². The molecule has 348 valence electrons. The summed E-state index contributed by atoms with van der Waals surface area (Å²) in [5.74, 6) is -6.51. The standard InChI is InChI=1S/C45H45F3N5O11PS/c1-3-22-61-41(57)25(2)50-65(60,64-29-11-5-4-6-12-29)37(46)26-16-19-34-27(23-26)24-35(66-34)38(54)49-30-13-8-7-10-28-17-18-32(51(28)39(30)55)40(56)53-43(59)52(42(58)44(53)20-21-44)31-14-9-15-33-36(31)63-45(47,48)62-33/h4-6,9,11-12,14-16,19,23-25,28,30,32,37H,3,7-8,10,13,17-18,20-22H2,1-2H3,(H,49,54)(H,50,60)/t25-,28-,30-,32-,37?,65?/m0/s1. The van der Waals surface area contributed by atoms with Crippen molar-refractivity contribution in [1.82, 2.24) is 20.2 Å². The van der Waals surface area contributed by atoms with Crippen LogP contribution in [0.3, 0.4) is 0 Å². The normalized spacial score (nSPS) is 23.5. The molecule has 0 radical (unpaired) electrons. The van der Waals surface area contributed by atoms with E-state index in [4.69, 9.17) is 9.26 Å². The number of urea groups is 1. The summed E-state index contributed by atoms with van der Waals surface area (Å²) in [5.41, 5.74) is -1.91. The number of esters is 1. The molecule has 16 nitrogen and oxygen atoms in total. The van der Waals surface area contributed by atoms with Crippen LogP contribution in [0.25, 0.3) is 10.1 Å². The zero-order valence-corrected chi connectivity index (χ0v) is 37.4. The number of alkyl halides is 3. The summed E-state index contributed by atoms with van der Waals surface area (Å²) in [6.07, 6.45) is -0.527. The second kappa shape index (κ2) is 17.3. The molecular weight excluding hydrogens is 907 g/mol. The van der Waals surface area contributed by atoms with Crippen molar-refractivity contribution in [1.29, 1.82) is 0 Å². The average molecular weight is 952 g/mol. The number of anilines is 1. The molecule has 2 N–H and O–H groups in total. The van der Waals surface area contributed by atoms with Gasteiger partial charge in [-0.2, -0.15) is 0 Å². The first-order valence-electron chi connectivity index (χ1n) is 21.7. The number of rotatable bonds is 13. The van der Waals surface area contributed by atoms with E-state index in [9.17, 15) is 42.1 Å². The van der Waals surface area contributed by atoms with Gasteiger partial charge in [-0.05, 0) is 105 Å². The Morgan fingerprint density at radius 2 is 1.71 bits per heavy atom. The number of benzene rings is 3. The van der Waals surface area contributed by atoms with Gasteiger partial charge in [0.2, 0.25) is 11.8 Å². The predicted octanol–water partition coefficient (Wildman–Crippen LogP) is 7.95. The van der Waals surface area contributed by atoms with Crippen LogP contribution in [0.1, 0.15) is 92.8 Å². The minimum atomic E-state index is -4.52. The molecule has 4 fully saturated rings. The molecule has 4 aliphatic heterocycles. The highest BCUT2D eigenvalue weighted by molar-refractivity contribution is 7.57. The maximum absolute atomic E-state index is 16.6. The van der Waals surface area contributed by atoms with E-state index in [-0.39, 0.29) is 59.9 Å². The third-order valence-electron chi connectivity index (χ3n) is 12.4. The summed E-state index contributed by atoms with van der Waals surface area (Å²) in [4.78, 5) is 86.8. The Hall–Kier alpha value is -5.98. The minimum absolute atomic E-state index is 0.0509. The van der Waals surface area contributed by atoms with Gasteiger partial charge in [0.05, 0.1) is 17.2 Å². The van der Waals surface area contributed by atoms with Crippen molar-refractivity contribution in [3.05, 3.63) is 83.2 Å². The van der Waals surface area contributed by atoms with Crippen LogP contribution < -0.4 is 29.3 Å². The molecule has 4 aromatic rings. The Morgan fingerprint density at radius 3 is 2.45 bits per heavy atom. The van der Waals surface area contributed by atoms with Crippen LogP contribution in [-0.4, -0.2) is 88.0 Å². The van der Waals surface area contributed by atoms with E-state index in [2.05, 4.69) is 19.9 Å². The Labute approximate surface area is 380 Å². The van der Waals surface area contributed by atoms with Crippen molar-refractivity contribution in [3.8, 4) is 17.2 Å². The lowest BCUT2D eigenvalue weighted by Crippen LogP contribution is -2.58. The van der Waals surface area contributed by atoms with E-state index in [1.807, 2.05) is 6.92 Å². The number of amides is 6. The molecule has 0 bridgehead atoms. The van der Waals surface area contributed by atoms with Gasteiger partial charge in [0.25, 0.3) is 17.7 Å². The second-order valence-electron chi connectivity index (χ2n) is 17.0. The van der Waals surface area contributed by atoms with Crippen molar-refractivity contribution in [2.45, 2.75) is 114 Å². The first kappa shape index (κ1) is 45.2. The summed E-state index contributed by atoms with van der Waals surface area (Å²) in [5, 5.41) is 5.82. The molecule has 3 saturated heterocycles. The fourth-order valence-electron chi connectivity index (χ4n) is 9.11. The highest BCUT2D eigenvalue weighted by atomic mass is 32.1. The van der Waals surface area contributed by atoms with Crippen LogP contribution in [0.15, 0.2) is 72.8 Å². The molecule has 3 aromatic carbocycles. The number of ether oxygens (including phenoxy) is 3. The average Bonchev–Trinajstić information content (AvgIpc) is 3.52. The van der Waals surface area contributed by atoms with E-state index < -0.39 is 90.8 Å². The molecule has 1 aliphatic carbocycles. The van der Waals surface area contributed by atoms with Crippen molar-refractivity contribution >= 4 is 70.3 Å². The number of hydrogen-bond donors (Lipinski definition) is 2. The number of carbonyl (C=O) groups excluding carboxylic acids is 6. The number of thiophene rings is 1. The van der Waals surface area contributed by atoms with Gasteiger partial charge >= 0.3 is 25.8 Å². The SMILES string of the molecule is CCCOC(=O)[C@H](C)NP(=O)(Oc1ccccc1)C(F)c1ccc2sc(C(=O)N[C@H]3CCCC[C@H]4CC[C@@H](C(=O)N5C(=O)N(c6cccc7c6OC(F)(F)O7)C(=O)C56CC6)N4C3=O)cc2c1. The zero-order valence-electron chi connectivity index (χ0n) is 35.7. The number of fused-ring (bicyclic) bond motifs is 3. The van der Waals surface area contributed by atoms with Crippen LogP contribution >= 0.6 is 18.9 Å². The van der Waals surface area contributed by atoms with Gasteiger partial charge in [-0.3, -0.25) is 28.5 Å². The molecule has 1 spiro atoms. The highest BCUT2D eigenvalue weighted by Gasteiger charge is 2.69. The van der Waals surface area contributed by atoms with Gasteiger partial charge in [0.15, 0.2) is 11.5 Å². The predicted molar refractivity (Wildman–Crippen MR) is 232 cm³/mol. The molecule has 6 atom stereocenters. The summed E-state index contributed by atoms with van der Waals surface area (Å²) in [6.45, 7) is 3.33. The Kier molecular flexibility index (Phi) is 11.9. The number of nitrogens with zero attached hydrogens (tertiary/aromatic N) is 3. The first-order chi connectivity index (χ1) is 31.5. The summed E-state index contributed by atoms with van der Waals surface area (Å²) >= 11 is 1.08. The number of imide groups is 2. The lowest BCUT2D eigenvalue weighted by atomic mass is 9.99. The first-order valence-corrected chi connectivity index (χ1v) is 24.3. The van der Waals surface area contributed by atoms with Gasteiger partial charge < -0.3 is 29.0 Å². The van der Waals surface area contributed by atoms with Gasteiger partial charge in [-0.1, -0.05) is 50.1 Å². The molecule has 2 unspecified atom stereocenters. The second-order valence-corrected chi connectivity index (χ2v) is 20.1.